The first-order valence-corrected chi connectivity index (χ1v) is 11.3. The maximum Gasteiger partial charge on any atom is 0.255 e. The summed E-state index contributed by atoms with van der Waals surface area (Å²) in [5, 5.41) is 6.13. The van der Waals surface area contributed by atoms with Crippen LogP contribution in [0.2, 0.25) is 0 Å². The van der Waals surface area contributed by atoms with Crippen LogP contribution in [0.15, 0.2) is 85.2 Å². The number of nitrogens with zero attached hydrogens (tertiary/aromatic N) is 2. The van der Waals surface area contributed by atoms with E-state index in [1.165, 1.54) is 6.33 Å². The van der Waals surface area contributed by atoms with Crippen LogP contribution in [-0.4, -0.2) is 27.3 Å². The van der Waals surface area contributed by atoms with E-state index in [0.29, 0.717) is 28.4 Å². The van der Waals surface area contributed by atoms with Gasteiger partial charge in [0.2, 0.25) is 0 Å². The highest BCUT2D eigenvalue weighted by molar-refractivity contribution is 6.07. The Hall–Kier alpha value is -4.52. The van der Waals surface area contributed by atoms with Crippen LogP contribution in [0, 0.1) is 0 Å². The second-order valence-electron chi connectivity index (χ2n) is 8.98. The predicted octanol–water partition coefficient (Wildman–Crippen LogP) is 5.88. The highest BCUT2D eigenvalue weighted by atomic mass is 16.5. The van der Waals surface area contributed by atoms with Crippen LogP contribution in [-0.2, 0) is 0 Å². The van der Waals surface area contributed by atoms with E-state index in [1.807, 2.05) is 62.4 Å². The van der Waals surface area contributed by atoms with E-state index in [4.69, 9.17) is 4.74 Å². The lowest BCUT2D eigenvalue weighted by atomic mass is 9.92. The van der Waals surface area contributed by atoms with E-state index >= 15 is 0 Å². The molecule has 0 spiro atoms. The Bertz CT molecular complexity index is 1400. The molecule has 4 aromatic rings. The lowest BCUT2D eigenvalue weighted by Gasteiger charge is -2.31. The smallest absolute Gasteiger partial charge is 0.255 e. The third-order valence-electron chi connectivity index (χ3n) is 5.67. The zero-order valence-corrected chi connectivity index (χ0v) is 19.4. The third kappa shape index (κ3) is 5.04. The van der Waals surface area contributed by atoms with Gasteiger partial charge < -0.3 is 15.4 Å². The van der Waals surface area contributed by atoms with Gasteiger partial charge in [-0.15, -0.1) is 0 Å². The quantitative estimate of drug-likeness (QED) is 0.383. The average molecular weight is 465 g/mol. The molecule has 7 heteroatoms. The standard InChI is InChI=1S/C28H24N4O3/c1-28(2)16-24(33)22-14-19(8-13-25(22)35-28)27(34)32-21-11-9-20(10-12-21)31-26-15-23(29-17-30-26)18-6-4-3-5-7-18/h3-15,17H,16H2,1-2H3,(H,32,34)(H,29,30,31). The number of hydrogen-bond acceptors (Lipinski definition) is 6. The van der Waals surface area contributed by atoms with E-state index in [1.54, 1.807) is 30.3 Å². The lowest BCUT2D eigenvalue weighted by molar-refractivity contribution is 0.0620. The van der Waals surface area contributed by atoms with Crippen molar-refractivity contribution in [1.82, 2.24) is 9.97 Å². The molecule has 1 aliphatic heterocycles. The molecule has 0 aliphatic carbocycles. The molecule has 7 nitrogen and oxygen atoms in total. The Morgan fingerprint density at radius 1 is 0.914 bits per heavy atom. The van der Waals surface area contributed by atoms with Gasteiger partial charge in [0.05, 0.1) is 17.7 Å². The van der Waals surface area contributed by atoms with E-state index < -0.39 is 5.60 Å². The molecule has 2 heterocycles. The maximum absolute atomic E-state index is 12.8. The summed E-state index contributed by atoms with van der Waals surface area (Å²) in [4.78, 5) is 33.9. The number of Topliss-reactive ketones (excluding diaryl/α,β-unsaturated/α-hetero) is 1. The zero-order chi connectivity index (χ0) is 24.4. The largest absolute Gasteiger partial charge is 0.487 e. The number of anilines is 3. The minimum atomic E-state index is -0.543. The number of hydrogen-bond donors (Lipinski definition) is 2. The molecule has 0 unspecified atom stereocenters. The number of carbonyl (C=O) groups excluding carboxylic acids is 2. The predicted molar refractivity (Wildman–Crippen MR) is 135 cm³/mol. The summed E-state index contributed by atoms with van der Waals surface area (Å²) in [6, 6.07) is 24.0. The van der Waals surface area contributed by atoms with Gasteiger partial charge in [0.25, 0.3) is 5.91 Å². The van der Waals surface area contributed by atoms with Gasteiger partial charge in [0, 0.05) is 28.6 Å². The highest BCUT2D eigenvalue weighted by Gasteiger charge is 2.32. The number of carbonyl (C=O) groups is 2. The fourth-order valence-corrected chi connectivity index (χ4v) is 3.97. The van der Waals surface area contributed by atoms with Crippen LogP contribution in [0.5, 0.6) is 5.75 Å². The molecular formula is C28H24N4O3. The van der Waals surface area contributed by atoms with Crippen molar-refractivity contribution in [2.75, 3.05) is 10.6 Å². The van der Waals surface area contributed by atoms with Gasteiger partial charge in [0.1, 0.15) is 23.5 Å². The topological polar surface area (TPSA) is 93.2 Å². The summed E-state index contributed by atoms with van der Waals surface area (Å²) >= 11 is 0. The second-order valence-corrected chi connectivity index (χ2v) is 8.98. The van der Waals surface area contributed by atoms with Crippen molar-refractivity contribution in [2.45, 2.75) is 25.9 Å². The summed E-state index contributed by atoms with van der Waals surface area (Å²) in [7, 11) is 0. The Morgan fingerprint density at radius 3 is 2.43 bits per heavy atom. The highest BCUT2D eigenvalue weighted by Crippen LogP contribution is 2.33. The fraction of sp³-hybridized carbons (Fsp3) is 0.143. The van der Waals surface area contributed by atoms with E-state index in [2.05, 4.69) is 20.6 Å². The summed E-state index contributed by atoms with van der Waals surface area (Å²) in [6.07, 6.45) is 1.80. The van der Waals surface area contributed by atoms with Gasteiger partial charge in [0.15, 0.2) is 5.78 Å². The summed E-state index contributed by atoms with van der Waals surface area (Å²) in [6.45, 7) is 3.75. The third-order valence-corrected chi connectivity index (χ3v) is 5.67. The van der Waals surface area contributed by atoms with Crippen LogP contribution in [0.1, 0.15) is 41.0 Å². The normalized spacial score (nSPS) is 13.9. The van der Waals surface area contributed by atoms with Crippen molar-refractivity contribution in [2.24, 2.45) is 0 Å². The molecule has 1 aliphatic rings. The van der Waals surface area contributed by atoms with Crippen LogP contribution < -0.4 is 15.4 Å². The molecule has 0 bridgehead atoms. The number of amides is 1. The number of benzene rings is 3. The van der Waals surface area contributed by atoms with Gasteiger partial charge in [-0.3, -0.25) is 9.59 Å². The molecule has 2 N–H and O–H groups in total. The van der Waals surface area contributed by atoms with Crippen LogP contribution in [0.25, 0.3) is 11.3 Å². The van der Waals surface area contributed by atoms with Crippen LogP contribution in [0.3, 0.4) is 0 Å². The molecular weight excluding hydrogens is 440 g/mol. The van der Waals surface area contributed by atoms with Gasteiger partial charge in [-0.2, -0.15) is 0 Å². The maximum atomic E-state index is 12.8. The number of aromatic nitrogens is 2. The molecule has 1 aromatic heterocycles. The monoisotopic (exact) mass is 464 g/mol. The van der Waals surface area contributed by atoms with Crippen molar-refractivity contribution in [1.29, 1.82) is 0 Å². The molecule has 3 aromatic carbocycles. The van der Waals surface area contributed by atoms with Crippen LogP contribution >= 0.6 is 0 Å². The first kappa shape index (κ1) is 22.3. The minimum absolute atomic E-state index is 0.0264. The van der Waals surface area contributed by atoms with Crippen LogP contribution in [0.4, 0.5) is 17.2 Å². The van der Waals surface area contributed by atoms with Crippen molar-refractivity contribution in [3.63, 3.8) is 0 Å². The minimum Gasteiger partial charge on any atom is -0.487 e. The van der Waals surface area contributed by atoms with E-state index in [9.17, 15) is 9.59 Å². The molecule has 0 radical (unpaired) electrons. The van der Waals surface area contributed by atoms with Crippen molar-refractivity contribution in [3.8, 4) is 17.0 Å². The Balaban J connectivity index is 1.26. The Labute approximate surface area is 203 Å². The average Bonchev–Trinajstić information content (AvgIpc) is 2.85. The first-order chi connectivity index (χ1) is 16.9. The summed E-state index contributed by atoms with van der Waals surface area (Å²) in [5.74, 6) is 0.856. The van der Waals surface area contributed by atoms with Crippen molar-refractivity contribution >= 4 is 28.9 Å². The molecule has 0 saturated carbocycles. The van der Waals surface area contributed by atoms with Gasteiger partial charge >= 0.3 is 0 Å². The number of rotatable bonds is 5. The SMILES string of the molecule is CC1(C)CC(=O)c2cc(C(=O)Nc3ccc(Nc4cc(-c5ccccc5)ncn4)cc3)ccc2O1. The van der Waals surface area contributed by atoms with E-state index in [-0.39, 0.29) is 18.1 Å². The fourth-order valence-electron chi connectivity index (χ4n) is 3.97. The molecule has 5 rings (SSSR count). The number of ketones is 1. The molecule has 0 atom stereocenters. The Kier molecular flexibility index (Phi) is 5.74. The lowest BCUT2D eigenvalue weighted by Crippen LogP contribution is -2.36. The van der Waals surface area contributed by atoms with Gasteiger partial charge in [-0.25, -0.2) is 9.97 Å². The van der Waals surface area contributed by atoms with Gasteiger partial charge in [-0.1, -0.05) is 30.3 Å². The molecule has 35 heavy (non-hydrogen) atoms. The van der Waals surface area contributed by atoms with Crippen molar-refractivity contribution < 1.29 is 14.3 Å². The molecule has 0 saturated heterocycles. The zero-order valence-electron chi connectivity index (χ0n) is 19.4. The van der Waals surface area contributed by atoms with E-state index in [0.717, 1.165) is 16.9 Å². The second kappa shape index (κ2) is 9.02. The molecule has 0 fully saturated rings. The number of fused-ring (bicyclic) bond motifs is 1. The number of nitrogens with one attached hydrogen (secondary N) is 2. The first-order valence-electron chi connectivity index (χ1n) is 11.3. The van der Waals surface area contributed by atoms with Crippen molar-refractivity contribution in [3.05, 3.63) is 96.3 Å². The summed E-state index contributed by atoms with van der Waals surface area (Å²) < 4.78 is 5.87. The molecule has 174 valence electrons. The Morgan fingerprint density at radius 2 is 1.66 bits per heavy atom. The van der Waals surface area contributed by atoms with Gasteiger partial charge in [-0.05, 0) is 56.3 Å². The summed E-state index contributed by atoms with van der Waals surface area (Å²) in [5.41, 5.74) is 3.58. The molecule has 1 amide bonds. The number of ether oxygens (including phenoxy) is 1.